The first-order chi connectivity index (χ1) is 13.7. The molecule has 3 heterocycles. The number of pyridine rings is 1. The van der Waals surface area contributed by atoms with Gasteiger partial charge in [0.25, 0.3) is 0 Å². The summed E-state index contributed by atoms with van der Waals surface area (Å²) in [6, 6.07) is 11.8. The molecule has 2 aromatic rings. The highest BCUT2D eigenvalue weighted by atomic mass is 16.5. The fourth-order valence-electron chi connectivity index (χ4n) is 5.16. The lowest BCUT2D eigenvalue weighted by Crippen LogP contribution is -2.36. The molecule has 5 rings (SSSR count). The van der Waals surface area contributed by atoms with Gasteiger partial charge >= 0.3 is 0 Å². The summed E-state index contributed by atoms with van der Waals surface area (Å²) in [5, 5.41) is 11.4. The topological polar surface area (TPSA) is 54.8 Å². The molecule has 1 saturated carbocycles. The van der Waals surface area contributed by atoms with Gasteiger partial charge in [-0.3, -0.25) is 9.88 Å². The first-order valence-corrected chi connectivity index (χ1v) is 10.0. The molecule has 0 unspecified atom stereocenters. The molecule has 3 atom stereocenters. The van der Waals surface area contributed by atoms with Crippen LogP contribution in [0.1, 0.15) is 24.1 Å². The molecule has 5 nitrogen and oxygen atoms in total. The minimum absolute atomic E-state index is 0.250. The molecule has 28 heavy (non-hydrogen) atoms. The van der Waals surface area contributed by atoms with E-state index in [4.69, 9.17) is 9.47 Å². The number of hydrogen-bond donors (Lipinski definition) is 1. The SMILES string of the molecule is COc1ccc2c(c1)C=C(CN1C[C@@H]3CC[C@@](O)(c4ccccn4)[C@@H]3C1)CO2. The maximum Gasteiger partial charge on any atom is 0.127 e. The smallest absolute Gasteiger partial charge is 0.127 e. The van der Waals surface area contributed by atoms with Crippen molar-refractivity contribution in [1.29, 1.82) is 0 Å². The molecule has 146 valence electrons. The number of fused-ring (bicyclic) bond motifs is 2. The molecule has 3 aliphatic rings. The fraction of sp³-hybridized carbons (Fsp3) is 0.435. The second-order valence-electron chi connectivity index (χ2n) is 8.23. The van der Waals surface area contributed by atoms with E-state index >= 15 is 0 Å². The maximum absolute atomic E-state index is 11.4. The molecule has 0 amide bonds. The molecule has 5 heteroatoms. The van der Waals surface area contributed by atoms with Gasteiger partial charge in [0.2, 0.25) is 0 Å². The van der Waals surface area contributed by atoms with E-state index in [-0.39, 0.29) is 5.92 Å². The van der Waals surface area contributed by atoms with Gasteiger partial charge in [0.15, 0.2) is 0 Å². The number of ether oxygens (including phenoxy) is 2. The van der Waals surface area contributed by atoms with Crippen molar-refractivity contribution in [3.8, 4) is 11.5 Å². The van der Waals surface area contributed by atoms with E-state index in [9.17, 15) is 5.11 Å². The highest BCUT2D eigenvalue weighted by Crippen LogP contribution is 2.50. The van der Waals surface area contributed by atoms with Crippen molar-refractivity contribution >= 4 is 6.08 Å². The van der Waals surface area contributed by atoms with Crippen LogP contribution >= 0.6 is 0 Å². The fourth-order valence-corrected chi connectivity index (χ4v) is 5.16. The van der Waals surface area contributed by atoms with Crippen LogP contribution in [-0.2, 0) is 5.60 Å². The van der Waals surface area contributed by atoms with Gasteiger partial charge in [-0.25, -0.2) is 0 Å². The van der Waals surface area contributed by atoms with Gasteiger partial charge in [0.1, 0.15) is 23.7 Å². The number of benzene rings is 1. The molecule has 0 spiro atoms. The van der Waals surface area contributed by atoms with E-state index in [0.29, 0.717) is 12.5 Å². The number of methoxy groups -OCH3 is 1. The lowest BCUT2D eigenvalue weighted by molar-refractivity contribution is -0.0102. The number of rotatable bonds is 4. The van der Waals surface area contributed by atoms with Crippen LogP contribution in [0.2, 0.25) is 0 Å². The Morgan fingerprint density at radius 1 is 1.29 bits per heavy atom. The third kappa shape index (κ3) is 2.99. The highest BCUT2D eigenvalue weighted by Gasteiger charge is 2.53. The summed E-state index contributed by atoms with van der Waals surface area (Å²) >= 11 is 0. The lowest BCUT2D eigenvalue weighted by atomic mass is 9.85. The quantitative estimate of drug-likeness (QED) is 0.886. The van der Waals surface area contributed by atoms with Crippen molar-refractivity contribution in [3.05, 3.63) is 59.4 Å². The van der Waals surface area contributed by atoms with Crippen LogP contribution in [-0.4, -0.2) is 48.3 Å². The van der Waals surface area contributed by atoms with Crippen LogP contribution in [0, 0.1) is 11.8 Å². The zero-order valence-electron chi connectivity index (χ0n) is 16.2. The molecular weight excluding hydrogens is 352 g/mol. The molecular formula is C23H26N2O3. The van der Waals surface area contributed by atoms with Crippen molar-refractivity contribution in [2.45, 2.75) is 18.4 Å². The summed E-state index contributed by atoms with van der Waals surface area (Å²) in [4.78, 5) is 6.92. The van der Waals surface area contributed by atoms with Gasteiger partial charge in [-0.15, -0.1) is 0 Å². The molecule has 0 bridgehead atoms. The van der Waals surface area contributed by atoms with Crippen LogP contribution in [0.25, 0.3) is 6.08 Å². The Morgan fingerprint density at radius 3 is 3.04 bits per heavy atom. The zero-order chi connectivity index (χ0) is 19.1. The van der Waals surface area contributed by atoms with E-state index in [2.05, 4.69) is 16.0 Å². The normalized spacial score (nSPS) is 29.0. The Kier molecular flexibility index (Phi) is 4.37. The molecule has 2 fully saturated rings. The molecule has 1 aromatic carbocycles. The third-order valence-electron chi connectivity index (χ3n) is 6.55. The van der Waals surface area contributed by atoms with E-state index < -0.39 is 5.60 Å². The van der Waals surface area contributed by atoms with Crippen molar-refractivity contribution in [3.63, 3.8) is 0 Å². The minimum Gasteiger partial charge on any atom is -0.497 e. The average molecular weight is 378 g/mol. The monoisotopic (exact) mass is 378 g/mol. The van der Waals surface area contributed by atoms with E-state index in [1.807, 2.05) is 36.4 Å². The lowest BCUT2D eigenvalue weighted by Gasteiger charge is -2.30. The van der Waals surface area contributed by atoms with Crippen LogP contribution in [0.15, 0.2) is 48.2 Å². The van der Waals surface area contributed by atoms with Crippen molar-refractivity contribution in [1.82, 2.24) is 9.88 Å². The number of aromatic nitrogens is 1. The minimum atomic E-state index is -0.794. The van der Waals surface area contributed by atoms with Gasteiger partial charge in [0, 0.05) is 37.3 Å². The van der Waals surface area contributed by atoms with E-state index in [1.165, 1.54) is 5.57 Å². The highest BCUT2D eigenvalue weighted by molar-refractivity contribution is 5.64. The summed E-state index contributed by atoms with van der Waals surface area (Å²) in [6.07, 6.45) is 5.87. The first kappa shape index (κ1) is 17.7. The summed E-state index contributed by atoms with van der Waals surface area (Å²) in [6.45, 7) is 3.43. The molecule has 0 radical (unpaired) electrons. The average Bonchev–Trinajstić information content (AvgIpc) is 3.28. The zero-order valence-corrected chi connectivity index (χ0v) is 16.2. The van der Waals surface area contributed by atoms with Crippen LogP contribution in [0.5, 0.6) is 11.5 Å². The number of hydrogen-bond acceptors (Lipinski definition) is 5. The van der Waals surface area contributed by atoms with Crippen LogP contribution in [0.3, 0.4) is 0 Å². The molecule has 1 aliphatic carbocycles. The summed E-state index contributed by atoms with van der Waals surface area (Å²) in [5.74, 6) is 2.53. The van der Waals surface area contributed by atoms with Gasteiger partial charge in [-0.2, -0.15) is 0 Å². The Morgan fingerprint density at radius 2 is 2.21 bits per heavy atom. The third-order valence-corrected chi connectivity index (χ3v) is 6.55. The second kappa shape index (κ2) is 6.90. The number of likely N-dealkylation sites (tertiary alicyclic amines) is 1. The summed E-state index contributed by atoms with van der Waals surface area (Å²) in [5.41, 5.74) is 2.37. The Hall–Kier alpha value is -2.37. The Balaban J connectivity index is 1.31. The number of nitrogens with zero attached hydrogens (tertiary/aromatic N) is 2. The first-order valence-electron chi connectivity index (χ1n) is 10.0. The van der Waals surface area contributed by atoms with Crippen molar-refractivity contribution in [2.24, 2.45) is 11.8 Å². The van der Waals surface area contributed by atoms with Crippen LogP contribution < -0.4 is 9.47 Å². The Bertz CT molecular complexity index is 898. The van der Waals surface area contributed by atoms with Gasteiger partial charge in [-0.1, -0.05) is 6.07 Å². The summed E-state index contributed by atoms with van der Waals surface area (Å²) in [7, 11) is 1.68. The van der Waals surface area contributed by atoms with Gasteiger partial charge in [-0.05, 0) is 60.7 Å². The van der Waals surface area contributed by atoms with E-state index in [0.717, 1.165) is 55.2 Å². The number of aliphatic hydroxyl groups is 1. The molecule has 2 aliphatic heterocycles. The standard InChI is InChI=1S/C23H26N2O3/c1-27-19-5-6-21-18(11-19)10-16(15-28-21)12-25-13-17-7-8-23(26,20(17)14-25)22-4-2-3-9-24-22/h2-6,9-11,17,20,26H,7-8,12-15H2,1H3/t17-,20+,23-/m0/s1. The van der Waals surface area contributed by atoms with Crippen LogP contribution in [0.4, 0.5) is 0 Å². The largest absolute Gasteiger partial charge is 0.497 e. The second-order valence-corrected chi connectivity index (χ2v) is 8.23. The van der Waals surface area contributed by atoms with Gasteiger partial charge < -0.3 is 14.6 Å². The van der Waals surface area contributed by atoms with Crippen molar-refractivity contribution < 1.29 is 14.6 Å². The predicted octanol–water partition coefficient (Wildman–Crippen LogP) is 3.10. The molecule has 1 N–H and O–H groups in total. The Labute approximate surface area is 165 Å². The summed E-state index contributed by atoms with van der Waals surface area (Å²) < 4.78 is 11.3. The predicted molar refractivity (Wildman–Crippen MR) is 107 cm³/mol. The van der Waals surface area contributed by atoms with E-state index in [1.54, 1.807) is 13.3 Å². The van der Waals surface area contributed by atoms with Crippen molar-refractivity contribution in [2.75, 3.05) is 33.4 Å². The van der Waals surface area contributed by atoms with Gasteiger partial charge in [0.05, 0.1) is 12.8 Å². The molecule has 1 saturated heterocycles. The maximum atomic E-state index is 11.4. The molecule has 1 aromatic heterocycles.